The first-order chi connectivity index (χ1) is 14.0. The highest BCUT2D eigenvalue weighted by Gasteiger charge is 2.27. The summed E-state index contributed by atoms with van der Waals surface area (Å²) in [6, 6.07) is 11.5. The van der Waals surface area contributed by atoms with Crippen LogP contribution in [0.1, 0.15) is 16.8 Å². The zero-order chi connectivity index (χ0) is 20.4. The van der Waals surface area contributed by atoms with E-state index in [1.54, 1.807) is 18.6 Å². The molecular weight excluding hydrogens is 406 g/mol. The Morgan fingerprint density at radius 3 is 2.66 bits per heavy atom. The van der Waals surface area contributed by atoms with E-state index >= 15 is 0 Å². The number of aromatic nitrogens is 4. The van der Waals surface area contributed by atoms with Gasteiger partial charge in [0.15, 0.2) is 0 Å². The lowest BCUT2D eigenvalue weighted by Crippen LogP contribution is -2.16. The molecule has 0 fully saturated rings. The van der Waals surface area contributed by atoms with Crippen molar-refractivity contribution in [3.05, 3.63) is 71.8 Å². The highest BCUT2D eigenvalue weighted by Crippen LogP contribution is 2.27. The van der Waals surface area contributed by atoms with Gasteiger partial charge >= 0.3 is 0 Å². The standard InChI is InChI=1S/C20H21N5O2S2/c1-24(2)11-9-16-14-25(19-13-21-10-8-17(16)19)29(26,27)20-18(22-28-23-20)12-15-6-4-3-5-7-15/h3-8,10,13-14H,9,11-12H2,1-2H3. The maximum Gasteiger partial charge on any atom is 0.288 e. The second-order valence-electron chi connectivity index (χ2n) is 7.08. The van der Waals surface area contributed by atoms with Crippen molar-refractivity contribution in [2.45, 2.75) is 17.9 Å². The fourth-order valence-electron chi connectivity index (χ4n) is 3.24. The van der Waals surface area contributed by atoms with Gasteiger partial charge in [0.25, 0.3) is 10.0 Å². The van der Waals surface area contributed by atoms with Crippen LogP contribution >= 0.6 is 11.7 Å². The van der Waals surface area contributed by atoms with Crippen LogP contribution in [0.3, 0.4) is 0 Å². The van der Waals surface area contributed by atoms with Crippen molar-refractivity contribution >= 4 is 32.7 Å². The van der Waals surface area contributed by atoms with Crippen molar-refractivity contribution in [3.63, 3.8) is 0 Å². The normalized spacial score (nSPS) is 12.1. The van der Waals surface area contributed by atoms with Crippen LogP contribution in [0.4, 0.5) is 0 Å². The lowest BCUT2D eigenvalue weighted by Gasteiger charge is -2.08. The van der Waals surface area contributed by atoms with Gasteiger partial charge in [-0.25, -0.2) is 3.97 Å². The molecule has 9 heteroatoms. The molecule has 0 N–H and O–H groups in total. The van der Waals surface area contributed by atoms with Crippen molar-refractivity contribution in [1.82, 2.24) is 22.6 Å². The molecule has 0 radical (unpaired) electrons. The Kier molecular flexibility index (Phi) is 5.44. The van der Waals surface area contributed by atoms with Gasteiger partial charge in [0.1, 0.15) is 0 Å². The second-order valence-corrected chi connectivity index (χ2v) is 9.34. The molecule has 0 saturated carbocycles. The van der Waals surface area contributed by atoms with Gasteiger partial charge < -0.3 is 4.90 Å². The molecule has 3 aromatic heterocycles. The number of nitrogens with zero attached hydrogens (tertiary/aromatic N) is 5. The number of hydrogen-bond acceptors (Lipinski definition) is 7. The Morgan fingerprint density at radius 2 is 1.90 bits per heavy atom. The molecule has 0 aliphatic heterocycles. The van der Waals surface area contributed by atoms with Crippen LogP contribution in [-0.4, -0.2) is 51.7 Å². The van der Waals surface area contributed by atoms with Crippen LogP contribution < -0.4 is 0 Å². The number of fused-ring (bicyclic) bond motifs is 1. The molecule has 7 nitrogen and oxygen atoms in total. The monoisotopic (exact) mass is 427 g/mol. The van der Waals surface area contributed by atoms with Crippen molar-refractivity contribution in [1.29, 1.82) is 0 Å². The van der Waals surface area contributed by atoms with Crippen molar-refractivity contribution in [2.75, 3.05) is 20.6 Å². The Hall–Kier alpha value is -2.62. The lowest BCUT2D eigenvalue weighted by atomic mass is 10.1. The summed E-state index contributed by atoms with van der Waals surface area (Å²) in [5.74, 6) is 0. The third-order valence-corrected chi connectivity index (χ3v) is 7.04. The molecule has 1 aromatic carbocycles. The van der Waals surface area contributed by atoms with Crippen LogP contribution in [0.15, 0.2) is 60.0 Å². The van der Waals surface area contributed by atoms with Gasteiger partial charge in [0.05, 0.1) is 29.1 Å². The quantitative estimate of drug-likeness (QED) is 0.451. The van der Waals surface area contributed by atoms with E-state index in [0.717, 1.165) is 41.2 Å². The molecule has 0 bridgehead atoms. The maximum atomic E-state index is 13.5. The van der Waals surface area contributed by atoms with E-state index in [4.69, 9.17) is 0 Å². The molecule has 0 spiro atoms. The first kappa shape index (κ1) is 19.7. The summed E-state index contributed by atoms with van der Waals surface area (Å²) in [6.07, 6.45) is 6.11. The average Bonchev–Trinajstić information content (AvgIpc) is 3.32. The fourth-order valence-corrected chi connectivity index (χ4v) is 5.52. The molecule has 0 atom stereocenters. The van der Waals surface area contributed by atoms with Crippen LogP contribution in [-0.2, 0) is 22.9 Å². The number of hydrogen-bond donors (Lipinski definition) is 0. The fraction of sp³-hybridized carbons (Fsp3) is 0.250. The van der Waals surface area contributed by atoms with Gasteiger partial charge in [0.2, 0.25) is 5.03 Å². The smallest absolute Gasteiger partial charge is 0.288 e. The Labute approximate surface area is 174 Å². The minimum atomic E-state index is -3.89. The lowest BCUT2D eigenvalue weighted by molar-refractivity contribution is 0.414. The van der Waals surface area contributed by atoms with Crippen LogP contribution in [0.2, 0.25) is 0 Å². The van der Waals surface area contributed by atoms with Gasteiger partial charge in [-0.1, -0.05) is 30.3 Å². The topological polar surface area (TPSA) is 81.0 Å². The predicted molar refractivity (Wildman–Crippen MR) is 114 cm³/mol. The molecule has 29 heavy (non-hydrogen) atoms. The Balaban J connectivity index is 1.77. The molecular formula is C20H21N5O2S2. The number of likely N-dealkylation sites (N-methyl/N-ethyl adjacent to an activating group) is 1. The number of rotatable bonds is 7. The van der Waals surface area contributed by atoms with Crippen molar-refractivity contribution in [3.8, 4) is 0 Å². The highest BCUT2D eigenvalue weighted by atomic mass is 32.2. The molecule has 0 unspecified atom stereocenters. The van der Waals surface area contributed by atoms with E-state index in [9.17, 15) is 8.42 Å². The number of pyridine rings is 1. The van der Waals surface area contributed by atoms with Crippen LogP contribution in [0, 0.1) is 0 Å². The summed E-state index contributed by atoms with van der Waals surface area (Å²) in [7, 11) is 0.0978. The van der Waals surface area contributed by atoms with E-state index in [1.165, 1.54) is 3.97 Å². The van der Waals surface area contributed by atoms with Gasteiger partial charge in [-0.3, -0.25) is 4.98 Å². The third-order valence-electron chi connectivity index (χ3n) is 4.72. The van der Waals surface area contributed by atoms with Crippen molar-refractivity contribution < 1.29 is 8.42 Å². The Morgan fingerprint density at radius 1 is 1.10 bits per heavy atom. The molecule has 150 valence electrons. The summed E-state index contributed by atoms with van der Waals surface area (Å²) < 4.78 is 36.7. The molecule has 0 aliphatic carbocycles. The predicted octanol–water partition coefficient (Wildman–Crippen LogP) is 2.82. The highest BCUT2D eigenvalue weighted by molar-refractivity contribution is 7.90. The third kappa shape index (κ3) is 3.93. The van der Waals surface area contributed by atoms with Crippen LogP contribution in [0.5, 0.6) is 0 Å². The van der Waals surface area contributed by atoms with Gasteiger partial charge in [-0.2, -0.15) is 17.2 Å². The summed E-state index contributed by atoms with van der Waals surface area (Å²) in [4.78, 5) is 6.21. The van der Waals surface area contributed by atoms with E-state index < -0.39 is 10.0 Å². The van der Waals surface area contributed by atoms with E-state index in [-0.39, 0.29) is 5.03 Å². The van der Waals surface area contributed by atoms with Crippen molar-refractivity contribution in [2.24, 2.45) is 0 Å². The zero-order valence-electron chi connectivity index (χ0n) is 16.2. The SMILES string of the molecule is CN(C)CCc1cn(S(=O)(=O)c2nsnc2Cc2ccccc2)c2cnccc12. The van der Waals surface area contributed by atoms with Crippen LogP contribution in [0.25, 0.3) is 10.9 Å². The van der Waals surface area contributed by atoms with E-state index in [2.05, 4.69) is 18.6 Å². The maximum absolute atomic E-state index is 13.5. The molecule has 0 amide bonds. The number of benzene rings is 1. The largest absolute Gasteiger partial charge is 0.309 e. The van der Waals surface area contributed by atoms with E-state index in [0.29, 0.717) is 17.6 Å². The molecule has 4 aromatic rings. The molecule has 0 aliphatic rings. The molecule has 3 heterocycles. The van der Waals surface area contributed by atoms with E-state index in [1.807, 2.05) is 50.5 Å². The minimum Gasteiger partial charge on any atom is -0.309 e. The summed E-state index contributed by atoms with van der Waals surface area (Å²) in [5, 5.41) is 0.893. The zero-order valence-corrected chi connectivity index (χ0v) is 17.8. The first-order valence-corrected chi connectivity index (χ1v) is 11.3. The molecule has 4 rings (SSSR count). The summed E-state index contributed by atoms with van der Waals surface area (Å²) >= 11 is 0.919. The minimum absolute atomic E-state index is 0.00580. The first-order valence-electron chi connectivity index (χ1n) is 9.16. The Bertz CT molecular complexity index is 1230. The van der Waals surface area contributed by atoms with Gasteiger partial charge in [-0.15, -0.1) is 0 Å². The second kappa shape index (κ2) is 8.02. The van der Waals surface area contributed by atoms with Gasteiger partial charge in [0, 0.05) is 30.7 Å². The van der Waals surface area contributed by atoms with Gasteiger partial charge in [-0.05, 0) is 37.7 Å². The summed E-state index contributed by atoms with van der Waals surface area (Å²) in [5.41, 5.74) is 2.97. The summed E-state index contributed by atoms with van der Waals surface area (Å²) in [6.45, 7) is 0.818. The molecule has 0 saturated heterocycles. The average molecular weight is 428 g/mol.